The molecule has 8 aromatic rings. The maximum Gasteiger partial charge on any atom is 0.260 e. The van der Waals surface area contributed by atoms with Gasteiger partial charge in [0.05, 0.1) is 0 Å². The number of para-hydroxylation sites is 2. The molecule has 2 nitrogen and oxygen atoms in total. The first-order chi connectivity index (χ1) is 25.3. The van der Waals surface area contributed by atoms with Crippen molar-refractivity contribution in [2.75, 3.05) is 0 Å². The maximum atomic E-state index is 7.01. The molecule has 0 bridgehead atoms. The van der Waals surface area contributed by atoms with Gasteiger partial charge in [-0.2, -0.15) is 0 Å². The number of ether oxygens (including phenoxy) is 2. The van der Waals surface area contributed by atoms with Crippen molar-refractivity contribution in [1.29, 1.82) is 0 Å². The molecule has 238 valence electrons. The molecule has 0 aromatic heterocycles. The van der Waals surface area contributed by atoms with Crippen LogP contribution >= 0.6 is 0 Å². The molecule has 0 radical (unpaired) electrons. The van der Waals surface area contributed by atoms with Gasteiger partial charge in [0.15, 0.2) is 0 Å². The molecule has 51 heavy (non-hydrogen) atoms. The lowest BCUT2D eigenvalue weighted by molar-refractivity contribution is 0.465. The van der Waals surface area contributed by atoms with Crippen LogP contribution in [-0.4, -0.2) is 6.71 Å². The molecule has 3 heteroatoms. The minimum atomic E-state index is -0.0120. The summed E-state index contributed by atoms with van der Waals surface area (Å²) in [5, 5.41) is 0. The van der Waals surface area contributed by atoms with E-state index in [1.54, 1.807) is 0 Å². The van der Waals surface area contributed by atoms with E-state index in [4.69, 9.17) is 9.47 Å². The summed E-state index contributed by atoms with van der Waals surface area (Å²) in [6.07, 6.45) is 0. The Labute approximate surface area is 298 Å². The highest BCUT2D eigenvalue weighted by molar-refractivity contribution is 6.98. The highest BCUT2D eigenvalue weighted by atomic mass is 16.5. The fourth-order valence-electron chi connectivity index (χ4n) is 8.04. The van der Waals surface area contributed by atoms with Crippen LogP contribution in [0.1, 0.15) is 0 Å². The van der Waals surface area contributed by atoms with E-state index in [-0.39, 0.29) is 6.71 Å². The van der Waals surface area contributed by atoms with Crippen molar-refractivity contribution in [1.82, 2.24) is 0 Å². The molecule has 10 rings (SSSR count). The summed E-state index contributed by atoms with van der Waals surface area (Å²) in [5.74, 6) is 3.44. The molecular formula is C48H31BO2. The Kier molecular flexibility index (Phi) is 6.95. The molecule has 0 amide bonds. The van der Waals surface area contributed by atoms with Gasteiger partial charge in [-0.15, -0.1) is 0 Å². The molecule has 2 aliphatic rings. The van der Waals surface area contributed by atoms with Crippen molar-refractivity contribution < 1.29 is 9.47 Å². The zero-order valence-corrected chi connectivity index (χ0v) is 27.8. The summed E-state index contributed by atoms with van der Waals surface area (Å²) in [5.41, 5.74) is 14.9. The Hall–Kier alpha value is -6.58. The molecule has 0 N–H and O–H groups in total. The topological polar surface area (TPSA) is 18.5 Å². The standard InChI is InChI=1S/C48H31BO2/c1-4-16-32(17-5-1)35-22-14-23-36(33-18-6-2-7-19-33)45(35)46-37(34-20-8-3-9-21-34)24-15-25-38(46)39-30-31-44-47-48(39)51-43-29-13-11-27-41(43)49(47)40-26-10-12-28-42(40)50-44/h1-31H. The summed E-state index contributed by atoms with van der Waals surface area (Å²) in [6, 6.07) is 66.8. The van der Waals surface area contributed by atoms with E-state index in [0.717, 1.165) is 67.2 Å². The summed E-state index contributed by atoms with van der Waals surface area (Å²) >= 11 is 0. The van der Waals surface area contributed by atoms with Gasteiger partial charge in [0.2, 0.25) is 0 Å². The molecule has 0 saturated heterocycles. The predicted octanol–water partition coefficient (Wildman–Crippen LogP) is 10.7. The molecular weight excluding hydrogens is 619 g/mol. The summed E-state index contributed by atoms with van der Waals surface area (Å²) in [6.45, 7) is -0.0120. The van der Waals surface area contributed by atoms with Crippen molar-refractivity contribution in [3.05, 3.63) is 188 Å². The maximum absolute atomic E-state index is 7.01. The van der Waals surface area contributed by atoms with Crippen LogP contribution in [0.5, 0.6) is 23.0 Å². The SMILES string of the molecule is c1ccc(-c2cccc(-c3ccccc3)c2-c2c(-c3ccccc3)cccc2-c2ccc3c4c2Oc2ccccc2B4c2ccccc2O3)cc1. The molecule has 2 heterocycles. The van der Waals surface area contributed by atoms with Gasteiger partial charge in [0.1, 0.15) is 23.0 Å². The lowest BCUT2D eigenvalue weighted by Gasteiger charge is -2.34. The first kappa shape index (κ1) is 29.4. The zero-order valence-electron chi connectivity index (χ0n) is 27.8. The van der Waals surface area contributed by atoms with Crippen molar-refractivity contribution in [2.24, 2.45) is 0 Å². The van der Waals surface area contributed by atoms with Gasteiger partial charge in [-0.25, -0.2) is 0 Å². The third-order valence-corrected chi connectivity index (χ3v) is 10.3. The van der Waals surface area contributed by atoms with Crippen LogP contribution in [0, 0.1) is 0 Å². The average Bonchev–Trinajstić information content (AvgIpc) is 3.21. The second-order valence-electron chi connectivity index (χ2n) is 13.1. The zero-order chi connectivity index (χ0) is 33.7. The summed E-state index contributed by atoms with van der Waals surface area (Å²) < 4.78 is 13.6. The lowest BCUT2D eigenvalue weighted by Crippen LogP contribution is -2.57. The Morgan fingerprint density at radius 3 is 1.25 bits per heavy atom. The third-order valence-electron chi connectivity index (χ3n) is 10.3. The quantitative estimate of drug-likeness (QED) is 0.173. The van der Waals surface area contributed by atoms with E-state index in [2.05, 4.69) is 182 Å². The number of hydrogen-bond acceptors (Lipinski definition) is 2. The number of hydrogen-bond donors (Lipinski definition) is 0. The largest absolute Gasteiger partial charge is 0.458 e. The van der Waals surface area contributed by atoms with Gasteiger partial charge in [-0.05, 0) is 85.3 Å². The van der Waals surface area contributed by atoms with Gasteiger partial charge in [-0.1, -0.05) is 164 Å². The Morgan fingerprint density at radius 1 is 0.294 bits per heavy atom. The minimum absolute atomic E-state index is 0.0120. The van der Waals surface area contributed by atoms with Crippen LogP contribution in [0.15, 0.2) is 188 Å². The molecule has 0 unspecified atom stereocenters. The molecule has 2 aliphatic heterocycles. The third kappa shape index (κ3) is 4.81. The van der Waals surface area contributed by atoms with Crippen molar-refractivity contribution in [2.45, 2.75) is 0 Å². The van der Waals surface area contributed by atoms with Crippen LogP contribution in [0.4, 0.5) is 0 Å². The predicted molar refractivity (Wildman–Crippen MR) is 211 cm³/mol. The fourth-order valence-corrected chi connectivity index (χ4v) is 8.04. The summed E-state index contributed by atoms with van der Waals surface area (Å²) in [7, 11) is 0. The Balaban J connectivity index is 1.32. The minimum Gasteiger partial charge on any atom is -0.458 e. The first-order valence-electron chi connectivity index (χ1n) is 17.5. The fraction of sp³-hybridized carbons (Fsp3) is 0. The smallest absolute Gasteiger partial charge is 0.260 e. The molecule has 8 aromatic carbocycles. The van der Waals surface area contributed by atoms with E-state index in [1.165, 1.54) is 27.8 Å². The van der Waals surface area contributed by atoms with E-state index >= 15 is 0 Å². The van der Waals surface area contributed by atoms with Crippen LogP contribution in [0.3, 0.4) is 0 Å². The highest BCUT2D eigenvalue weighted by Gasteiger charge is 2.41. The van der Waals surface area contributed by atoms with Gasteiger partial charge >= 0.3 is 0 Å². The van der Waals surface area contributed by atoms with E-state index in [0.29, 0.717) is 0 Å². The molecule has 0 fully saturated rings. The van der Waals surface area contributed by atoms with Crippen LogP contribution in [0.25, 0.3) is 55.6 Å². The second kappa shape index (κ2) is 12.1. The molecule has 0 saturated carbocycles. The van der Waals surface area contributed by atoms with E-state index in [9.17, 15) is 0 Å². The van der Waals surface area contributed by atoms with Crippen LogP contribution < -0.4 is 25.9 Å². The van der Waals surface area contributed by atoms with Gasteiger partial charge in [-0.3, -0.25) is 0 Å². The second-order valence-corrected chi connectivity index (χ2v) is 13.1. The van der Waals surface area contributed by atoms with Crippen molar-refractivity contribution in [3.63, 3.8) is 0 Å². The number of benzene rings is 8. The van der Waals surface area contributed by atoms with Crippen molar-refractivity contribution >= 4 is 23.1 Å². The Bertz CT molecular complexity index is 2510. The van der Waals surface area contributed by atoms with Crippen molar-refractivity contribution in [3.8, 4) is 78.6 Å². The Morgan fingerprint density at radius 2 is 0.725 bits per heavy atom. The lowest BCUT2D eigenvalue weighted by atomic mass is 9.34. The average molecular weight is 651 g/mol. The van der Waals surface area contributed by atoms with E-state index < -0.39 is 0 Å². The normalized spacial score (nSPS) is 12.2. The van der Waals surface area contributed by atoms with Gasteiger partial charge < -0.3 is 9.47 Å². The molecule has 0 atom stereocenters. The van der Waals surface area contributed by atoms with Gasteiger partial charge in [0, 0.05) is 11.0 Å². The molecule has 0 spiro atoms. The number of rotatable bonds is 5. The first-order valence-corrected chi connectivity index (χ1v) is 17.5. The van der Waals surface area contributed by atoms with Gasteiger partial charge in [0.25, 0.3) is 6.71 Å². The monoisotopic (exact) mass is 650 g/mol. The summed E-state index contributed by atoms with van der Waals surface area (Å²) in [4.78, 5) is 0. The van der Waals surface area contributed by atoms with Crippen LogP contribution in [0.2, 0.25) is 0 Å². The number of fused-ring (bicyclic) bond motifs is 4. The molecule has 0 aliphatic carbocycles. The van der Waals surface area contributed by atoms with Crippen LogP contribution in [-0.2, 0) is 0 Å². The van der Waals surface area contributed by atoms with E-state index in [1.807, 2.05) is 6.07 Å². The highest BCUT2D eigenvalue weighted by Crippen LogP contribution is 2.50.